The van der Waals surface area contributed by atoms with Gasteiger partial charge in [-0.05, 0) is 44.2 Å². The summed E-state index contributed by atoms with van der Waals surface area (Å²) in [6.45, 7) is 6.43. The highest BCUT2D eigenvalue weighted by Gasteiger charge is 2.28. The second kappa shape index (κ2) is 7.98. The molecule has 0 amide bonds. The van der Waals surface area contributed by atoms with Crippen LogP contribution in [0.1, 0.15) is 44.5 Å². The van der Waals surface area contributed by atoms with E-state index in [1.807, 2.05) is 4.68 Å². The van der Waals surface area contributed by atoms with Crippen molar-refractivity contribution in [2.24, 2.45) is 0 Å². The molecule has 0 radical (unpaired) electrons. The largest absolute Gasteiger partial charge is 0.391 e. The number of aliphatic hydroxyl groups is 1. The Morgan fingerprint density at radius 1 is 1.04 bits per heavy atom. The molecule has 0 spiro atoms. The second-order valence-electron chi connectivity index (χ2n) is 7.91. The summed E-state index contributed by atoms with van der Waals surface area (Å²) in [6, 6.07) is 8.75. The van der Waals surface area contributed by atoms with Crippen LogP contribution in [0.4, 0.5) is 5.69 Å². The van der Waals surface area contributed by atoms with Crippen molar-refractivity contribution in [1.82, 2.24) is 19.7 Å². The Balaban J connectivity index is 1.60. The van der Waals surface area contributed by atoms with Crippen LogP contribution in [0.15, 0.2) is 24.3 Å². The number of piperazine rings is 1. The van der Waals surface area contributed by atoms with Crippen molar-refractivity contribution in [3.8, 4) is 11.4 Å². The fourth-order valence-electron chi connectivity index (χ4n) is 4.21. The molecule has 1 aliphatic heterocycles. The minimum absolute atomic E-state index is 0.0406. The predicted molar refractivity (Wildman–Crippen MR) is 108 cm³/mol. The zero-order chi connectivity index (χ0) is 18.8. The van der Waals surface area contributed by atoms with Crippen molar-refractivity contribution in [2.45, 2.75) is 51.2 Å². The van der Waals surface area contributed by atoms with Crippen molar-refractivity contribution in [1.29, 1.82) is 0 Å². The molecule has 2 atom stereocenters. The molecule has 6 nitrogen and oxygen atoms in total. The third-order valence-electron chi connectivity index (χ3n) is 5.99. The van der Waals surface area contributed by atoms with Crippen LogP contribution >= 0.6 is 0 Å². The number of hydrogen-bond acceptors (Lipinski definition) is 5. The van der Waals surface area contributed by atoms with Crippen molar-refractivity contribution >= 4 is 5.69 Å². The van der Waals surface area contributed by atoms with Crippen LogP contribution in [0.25, 0.3) is 11.4 Å². The van der Waals surface area contributed by atoms with E-state index in [1.165, 1.54) is 5.69 Å². The third kappa shape index (κ3) is 3.87. The van der Waals surface area contributed by atoms with Crippen LogP contribution in [-0.2, 0) is 6.42 Å². The molecule has 146 valence electrons. The van der Waals surface area contributed by atoms with Gasteiger partial charge in [-0.2, -0.15) is 5.10 Å². The zero-order valence-electron chi connectivity index (χ0n) is 16.5. The minimum Gasteiger partial charge on any atom is -0.391 e. The van der Waals surface area contributed by atoms with E-state index in [0.717, 1.165) is 75.5 Å². The highest BCUT2D eigenvalue weighted by Crippen LogP contribution is 2.32. The fourth-order valence-corrected chi connectivity index (χ4v) is 4.21. The first-order valence-corrected chi connectivity index (χ1v) is 10.3. The average Bonchev–Trinajstić information content (AvgIpc) is 3.13. The van der Waals surface area contributed by atoms with Gasteiger partial charge >= 0.3 is 0 Å². The van der Waals surface area contributed by atoms with E-state index in [0.29, 0.717) is 0 Å². The van der Waals surface area contributed by atoms with E-state index in [2.05, 4.69) is 48.0 Å². The Kier molecular flexibility index (Phi) is 5.45. The number of aliphatic hydroxyl groups excluding tert-OH is 1. The summed E-state index contributed by atoms with van der Waals surface area (Å²) in [5.74, 6) is 1.74. The predicted octanol–water partition coefficient (Wildman–Crippen LogP) is 2.74. The van der Waals surface area contributed by atoms with Gasteiger partial charge in [0.2, 0.25) is 0 Å². The third-order valence-corrected chi connectivity index (χ3v) is 5.99. The Morgan fingerprint density at radius 3 is 2.41 bits per heavy atom. The number of anilines is 1. The lowest BCUT2D eigenvalue weighted by Crippen LogP contribution is -2.44. The van der Waals surface area contributed by atoms with E-state index in [4.69, 9.17) is 10.1 Å². The molecule has 2 aliphatic rings. The highest BCUT2D eigenvalue weighted by molar-refractivity contribution is 5.61. The van der Waals surface area contributed by atoms with Gasteiger partial charge in [-0.15, -0.1) is 0 Å². The average molecular weight is 370 g/mol. The molecular formula is C21H31N5O. The van der Waals surface area contributed by atoms with E-state index >= 15 is 0 Å². The summed E-state index contributed by atoms with van der Waals surface area (Å²) in [6.07, 6.45) is 4.55. The van der Waals surface area contributed by atoms with Gasteiger partial charge in [0.05, 0.1) is 12.1 Å². The van der Waals surface area contributed by atoms with Crippen molar-refractivity contribution < 1.29 is 5.11 Å². The van der Waals surface area contributed by atoms with Crippen molar-refractivity contribution in [2.75, 3.05) is 38.1 Å². The molecule has 0 unspecified atom stereocenters. The Morgan fingerprint density at radius 2 is 1.74 bits per heavy atom. The lowest BCUT2D eigenvalue weighted by Gasteiger charge is -2.34. The number of likely N-dealkylation sites (N-methyl/N-ethyl adjacent to an activating group) is 1. The molecule has 0 bridgehead atoms. The maximum absolute atomic E-state index is 10.5. The van der Waals surface area contributed by atoms with Crippen LogP contribution in [0.2, 0.25) is 0 Å². The normalized spacial score (nSPS) is 24.3. The lowest BCUT2D eigenvalue weighted by molar-refractivity contribution is 0.0700. The summed E-state index contributed by atoms with van der Waals surface area (Å²) in [4.78, 5) is 9.59. The number of aromatic nitrogens is 3. The second-order valence-corrected chi connectivity index (χ2v) is 7.91. The minimum atomic E-state index is -0.325. The van der Waals surface area contributed by atoms with E-state index in [9.17, 15) is 5.11 Å². The van der Waals surface area contributed by atoms with Gasteiger partial charge in [0, 0.05) is 43.9 Å². The topological polar surface area (TPSA) is 57.4 Å². The van der Waals surface area contributed by atoms with E-state index in [-0.39, 0.29) is 12.1 Å². The van der Waals surface area contributed by atoms with Crippen LogP contribution in [0, 0.1) is 0 Å². The standard InChI is InChI=1S/C21H31N5O/c1-3-20-22-21(26(23-20)18-6-4-5-7-19(18)27)16-8-10-17(11-9-16)25-14-12-24(2)13-15-25/h8-11,18-19,27H,3-7,12-15H2,1-2H3/t18-,19-/m1/s1. The first kappa shape index (κ1) is 18.4. The Labute approximate surface area is 161 Å². The first-order chi connectivity index (χ1) is 13.2. The van der Waals surface area contributed by atoms with Gasteiger partial charge in [0.25, 0.3) is 0 Å². The van der Waals surface area contributed by atoms with Gasteiger partial charge in [0.1, 0.15) is 0 Å². The number of aryl methyl sites for hydroxylation is 1. The lowest BCUT2D eigenvalue weighted by atomic mass is 9.92. The summed E-state index contributed by atoms with van der Waals surface area (Å²) < 4.78 is 1.99. The Bertz CT molecular complexity index is 748. The Hall–Kier alpha value is -1.92. The van der Waals surface area contributed by atoms with Gasteiger partial charge in [-0.3, -0.25) is 0 Å². The molecule has 1 saturated heterocycles. The number of benzene rings is 1. The highest BCUT2D eigenvalue weighted by atomic mass is 16.3. The van der Waals surface area contributed by atoms with E-state index < -0.39 is 0 Å². The first-order valence-electron chi connectivity index (χ1n) is 10.3. The molecule has 4 rings (SSSR count). The van der Waals surface area contributed by atoms with Crippen LogP contribution in [0.5, 0.6) is 0 Å². The quantitative estimate of drug-likeness (QED) is 0.898. The monoisotopic (exact) mass is 369 g/mol. The van der Waals surface area contributed by atoms with Crippen LogP contribution < -0.4 is 4.90 Å². The summed E-state index contributed by atoms with van der Waals surface area (Å²) in [5, 5.41) is 15.2. The molecule has 1 saturated carbocycles. The van der Waals surface area contributed by atoms with E-state index in [1.54, 1.807) is 0 Å². The van der Waals surface area contributed by atoms with Gasteiger partial charge in [-0.1, -0.05) is 19.8 Å². The van der Waals surface area contributed by atoms with Gasteiger partial charge < -0.3 is 14.9 Å². The van der Waals surface area contributed by atoms with Gasteiger partial charge in [-0.25, -0.2) is 9.67 Å². The van der Waals surface area contributed by atoms with Crippen LogP contribution in [-0.4, -0.2) is 64.1 Å². The van der Waals surface area contributed by atoms with Crippen LogP contribution in [0.3, 0.4) is 0 Å². The zero-order valence-corrected chi connectivity index (χ0v) is 16.5. The molecule has 1 N–H and O–H groups in total. The summed E-state index contributed by atoms with van der Waals surface area (Å²) in [5.41, 5.74) is 2.35. The molecule has 1 aliphatic carbocycles. The molecule has 1 aromatic heterocycles. The summed E-state index contributed by atoms with van der Waals surface area (Å²) in [7, 11) is 2.18. The summed E-state index contributed by atoms with van der Waals surface area (Å²) >= 11 is 0. The molecule has 2 aromatic rings. The maximum atomic E-state index is 10.5. The molecule has 2 fully saturated rings. The molecular weight excluding hydrogens is 338 g/mol. The van der Waals surface area contributed by atoms with Crippen molar-refractivity contribution in [3.63, 3.8) is 0 Å². The molecule has 27 heavy (non-hydrogen) atoms. The molecule has 1 aromatic carbocycles. The molecule has 2 heterocycles. The maximum Gasteiger partial charge on any atom is 0.158 e. The SMILES string of the molecule is CCc1nc(-c2ccc(N3CCN(C)CC3)cc2)n([C@@H]2CCCC[C@H]2O)n1. The van der Waals surface area contributed by atoms with Crippen molar-refractivity contribution in [3.05, 3.63) is 30.1 Å². The number of rotatable bonds is 4. The number of nitrogens with zero attached hydrogens (tertiary/aromatic N) is 5. The number of hydrogen-bond donors (Lipinski definition) is 1. The fraction of sp³-hybridized carbons (Fsp3) is 0.619. The molecule has 6 heteroatoms. The van der Waals surface area contributed by atoms with Gasteiger partial charge in [0.15, 0.2) is 11.6 Å². The smallest absolute Gasteiger partial charge is 0.158 e.